The van der Waals surface area contributed by atoms with E-state index in [-0.39, 0.29) is 5.75 Å². The van der Waals surface area contributed by atoms with E-state index in [4.69, 9.17) is 16.3 Å². The summed E-state index contributed by atoms with van der Waals surface area (Å²) in [6, 6.07) is 6.24. The van der Waals surface area contributed by atoms with Gasteiger partial charge in [-0.25, -0.2) is 8.42 Å². The van der Waals surface area contributed by atoms with Crippen LogP contribution in [0.3, 0.4) is 0 Å². The van der Waals surface area contributed by atoms with E-state index >= 15 is 0 Å². The molecular formula is C13H14ClNO5S. The second-order valence-electron chi connectivity index (χ2n) is 4.75. The van der Waals surface area contributed by atoms with Crippen LogP contribution in [0.15, 0.2) is 24.3 Å². The molecule has 2 unspecified atom stereocenters. The molecular weight excluding hydrogens is 318 g/mol. The largest absolute Gasteiger partial charge is 0.335 e. The first-order chi connectivity index (χ1) is 9.69. The van der Waals surface area contributed by atoms with E-state index in [1.165, 1.54) is 13.8 Å². The van der Waals surface area contributed by atoms with Crippen molar-refractivity contribution in [2.75, 3.05) is 5.75 Å². The summed E-state index contributed by atoms with van der Waals surface area (Å²) < 4.78 is 30.5. The van der Waals surface area contributed by atoms with Crippen molar-refractivity contribution >= 4 is 33.2 Å². The van der Waals surface area contributed by atoms with Crippen LogP contribution in [0.4, 0.5) is 0 Å². The van der Waals surface area contributed by atoms with Gasteiger partial charge in [0.25, 0.3) is 0 Å². The third-order valence-electron chi connectivity index (χ3n) is 3.31. The highest BCUT2D eigenvalue weighted by Gasteiger charge is 2.53. The molecule has 0 saturated carbocycles. The topological polar surface area (TPSA) is 89.5 Å². The number of carbonyl (C=O) groups is 2. The average molecular weight is 332 g/mol. The van der Waals surface area contributed by atoms with E-state index in [1.807, 2.05) is 0 Å². The van der Waals surface area contributed by atoms with E-state index in [9.17, 15) is 18.0 Å². The van der Waals surface area contributed by atoms with Crippen LogP contribution in [0.1, 0.15) is 19.4 Å². The first-order valence-electron chi connectivity index (χ1n) is 6.22. The molecule has 1 fully saturated rings. The maximum Gasteiger partial charge on any atom is 0.246 e. The first kappa shape index (κ1) is 16.1. The zero-order valence-electron chi connectivity index (χ0n) is 11.4. The van der Waals surface area contributed by atoms with E-state index in [2.05, 4.69) is 4.72 Å². The van der Waals surface area contributed by atoms with Crippen molar-refractivity contribution in [3.63, 3.8) is 0 Å². The smallest absolute Gasteiger partial charge is 0.246 e. The van der Waals surface area contributed by atoms with Gasteiger partial charge in [0.05, 0.1) is 5.75 Å². The Morgan fingerprint density at radius 2 is 1.86 bits per heavy atom. The molecule has 21 heavy (non-hydrogen) atoms. The summed E-state index contributed by atoms with van der Waals surface area (Å²) in [5, 5.41) is 0.474. The minimum atomic E-state index is -3.67. The third-order valence-corrected chi connectivity index (χ3v) is 4.90. The number of ether oxygens (including phenoxy) is 1. The standard InChI is InChI=1S/C13H14ClNO5S/c1-3-21(18,19)15-12-10(16)11(17)13(2,20-12)8-4-6-9(14)7-5-8/h4-7,12,15H,3H2,1-2H3. The molecule has 1 aliphatic rings. The molecule has 2 rings (SSSR count). The van der Waals surface area contributed by atoms with Gasteiger partial charge in [0.15, 0.2) is 11.8 Å². The number of hydrogen-bond donors (Lipinski definition) is 1. The predicted octanol–water partition coefficient (Wildman–Crippen LogP) is 0.989. The maximum atomic E-state index is 12.2. The minimum absolute atomic E-state index is 0.216. The molecule has 8 heteroatoms. The number of carbonyl (C=O) groups excluding carboxylic acids is 2. The van der Waals surface area contributed by atoms with Crippen LogP contribution in [0, 0.1) is 0 Å². The molecule has 1 N–H and O–H groups in total. The minimum Gasteiger partial charge on any atom is -0.335 e. The van der Waals surface area contributed by atoms with Gasteiger partial charge in [-0.1, -0.05) is 23.7 Å². The highest BCUT2D eigenvalue weighted by Crippen LogP contribution is 2.34. The van der Waals surface area contributed by atoms with Gasteiger partial charge < -0.3 is 4.74 Å². The number of Topliss-reactive ketones (excluding diaryl/α,β-unsaturated/α-hetero) is 2. The van der Waals surface area contributed by atoms with E-state index in [0.717, 1.165) is 0 Å². The quantitative estimate of drug-likeness (QED) is 0.831. The highest BCUT2D eigenvalue weighted by molar-refractivity contribution is 7.89. The molecule has 114 valence electrons. The lowest BCUT2D eigenvalue weighted by molar-refractivity contribution is -0.138. The van der Waals surface area contributed by atoms with E-state index < -0.39 is 33.4 Å². The Balaban J connectivity index is 2.33. The fourth-order valence-electron chi connectivity index (χ4n) is 1.99. The van der Waals surface area contributed by atoms with Crippen molar-refractivity contribution in [3.8, 4) is 0 Å². The van der Waals surface area contributed by atoms with Gasteiger partial charge in [0.2, 0.25) is 21.6 Å². The van der Waals surface area contributed by atoms with Crippen LogP contribution in [0.5, 0.6) is 0 Å². The number of benzene rings is 1. The molecule has 0 radical (unpaired) electrons. The summed E-state index contributed by atoms with van der Waals surface area (Å²) in [4.78, 5) is 24.1. The normalized spacial score (nSPS) is 26.3. The molecule has 1 saturated heterocycles. The first-order valence-corrected chi connectivity index (χ1v) is 8.25. The Morgan fingerprint density at radius 1 is 1.29 bits per heavy atom. The molecule has 1 heterocycles. The number of rotatable bonds is 4. The van der Waals surface area contributed by atoms with Crippen LogP contribution in [0.25, 0.3) is 0 Å². The molecule has 0 amide bonds. The number of halogens is 1. The fourth-order valence-corrected chi connectivity index (χ4v) is 2.76. The SMILES string of the molecule is CCS(=O)(=O)NC1OC(C)(c2ccc(Cl)cc2)C(=O)C1=O. The zero-order chi connectivity index (χ0) is 15.8. The summed E-state index contributed by atoms with van der Waals surface area (Å²) in [5.74, 6) is -1.93. The molecule has 0 spiro atoms. The number of sulfonamides is 1. The number of nitrogens with one attached hydrogen (secondary N) is 1. The number of ketones is 2. The molecule has 2 atom stereocenters. The zero-order valence-corrected chi connectivity index (χ0v) is 13.0. The Morgan fingerprint density at radius 3 is 2.38 bits per heavy atom. The van der Waals surface area contributed by atoms with Crippen LogP contribution < -0.4 is 4.72 Å². The van der Waals surface area contributed by atoms with Gasteiger partial charge in [-0.2, -0.15) is 4.72 Å². The van der Waals surface area contributed by atoms with E-state index in [1.54, 1.807) is 24.3 Å². The van der Waals surface area contributed by atoms with Crippen LogP contribution in [0.2, 0.25) is 5.02 Å². The lowest BCUT2D eigenvalue weighted by Crippen LogP contribution is -2.40. The Hall–Kier alpha value is -1.28. The fraction of sp³-hybridized carbons (Fsp3) is 0.385. The van der Waals surface area contributed by atoms with Gasteiger partial charge in [0, 0.05) is 5.02 Å². The highest BCUT2D eigenvalue weighted by atomic mass is 35.5. The molecule has 6 nitrogen and oxygen atoms in total. The molecule has 0 aliphatic carbocycles. The second kappa shape index (κ2) is 5.49. The molecule has 1 aliphatic heterocycles. The molecule has 1 aromatic carbocycles. The van der Waals surface area contributed by atoms with Gasteiger partial charge in [-0.05, 0) is 31.5 Å². The van der Waals surface area contributed by atoms with Gasteiger partial charge in [-0.15, -0.1) is 0 Å². The monoisotopic (exact) mass is 331 g/mol. The Bertz CT molecular complexity index is 685. The van der Waals surface area contributed by atoms with E-state index in [0.29, 0.717) is 10.6 Å². The predicted molar refractivity (Wildman–Crippen MR) is 76.3 cm³/mol. The summed E-state index contributed by atoms with van der Waals surface area (Å²) in [5.41, 5.74) is -1.09. The van der Waals surface area contributed by atoms with Crippen molar-refractivity contribution in [1.82, 2.24) is 4.72 Å². The van der Waals surface area contributed by atoms with Crippen molar-refractivity contribution in [2.24, 2.45) is 0 Å². The Labute approximate surface area is 127 Å². The van der Waals surface area contributed by atoms with Crippen LogP contribution in [-0.4, -0.2) is 32.0 Å². The average Bonchev–Trinajstić information content (AvgIpc) is 2.64. The summed E-state index contributed by atoms with van der Waals surface area (Å²) in [6.07, 6.45) is -1.50. The van der Waals surface area contributed by atoms with Crippen LogP contribution in [-0.2, 0) is 30.0 Å². The lowest BCUT2D eigenvalue weighted by Gasteiger charge is -2.22. The molecule has 1 aromatic rings. The lowest BCUT2D eigenvalue weighted by atomic mass is 9.91. The third kappa shape index (κ3) is 3.01. The van der Waals surface area contributed by atoms with Gasteiger partial charge in [0.1, 0.15) is 0 Å². The Kier molecular flexibility index (Phi) is 4.21. The molecule has 0 aromatic heterocycles. The van der Waals surface area contributed by atoms with Gasteiger partial charge >= 0.3 is 0 Å². The number of hydrogen-bond acceptors (Lipinski definition) is 5. The van der Waals surface area contributed by atoms with Crippen molar-refractivity contribution in [1.29, 1.82) is 0 Å². The maximum absolute atomic E-state index is 12.2. The van der Waals surface area contributed by atoms with Crippen molar-refractivity contribution in [2.45, 2.75) is 25.7 Å². The van der Waals surface area contributed by atoms with Crippen molar-refractivity contribution < 1.29 is 22.7 Å². The van der Waals surface area contributed by atoms with Crippen LogP contribution >= 0.6 is 11.6 Å². The van der Waals surface area contributed by atoms with Gasteiger partial charge in [-0.3, -0.25) is 9.59 Å². The summed E-state index contributed by atoms with van der Waals surface area (Å²) in [7, 11) is -3.67. The second-order valence-corrected chi connectivity index (χ2v) is 7.23. The van der Waals surface area contributed by atoms with Crippen molar-refractivity contribution in [3.05, 3.63) is 34.9 Å². The molecule has 0 bridgehead atoms. The summed E-state index contributed by atoms with van der Waals surface area (Å²) in [6.45, 7) is 2.85. The summed E-state index contributed by atoms with van der Waals surface area (Å²) >= 11 is 5.78.